The summed E-state index contributed by atoms with van der Waals surface area (Å²) in [4.78, 5) is 30.3. The lowest BCUT2D eigenvalue weighted by molar-refractivity contribution is -0.137. The highest BCUT2D eigenvalue weighted by molar-refractivity contribution is 5.88. The molecule has 2 N–H and O–H groups in total. The van der Waals surface area contributed by atoms with Crippen LogP contribution < -0.4 is 10.6 Å². The van der Waals surface area contributed by atoms with E-state index in [-0.39, 0.29) is 23.9 Å². The lowest BCUT2D eigenvalue weighted by atomic mass is 10.0. The van der Waals surface area contributed by atoms with Crippen molar-refractivity contribution in [3.63, 3.8) is 0 Å². The van der Waals surface area contributed by atoms with Gasteiger partial charge in [-0.1, -0.05) is 0 Å². The van der Waals surface area contributed by atoms with Crippen molar-refractivity contribution in [2.45, 2.75) is 44.7 Å². The number of hydrogen-bond donors (Lipinski definition) is 2. The molecule has 2 aromatic heterocycles. The van der Waals surface area contributed by atoms with Crippen LogP contribution in [0.4, 0.5) is 5.82 Å². The van der Waals surface area contributed by atoms with Gasteiger partial charge in [-0.3, -0.25) is 9.59 Å². The number of carbonyl (C=O) groups excluding carboxylic acids is 2. The number of likely N-dealkylation sites (tertiary alicyclic amines) is 1. The Kier molecular flexibility index (Phi) is 4.03. The third kappa shape index (κ3) is 3.29. The number of aryl methyl sites for hydroxylation is 1. The molecule has 0 saturated carbocycles. The lowest BCUT2D eigenvalue weighted by Crippen LogP contribution is -2.50. The Bertz CT molecular complexity index is 817. The second-order valence-electron chi connectivity index (χ2n) is 6.83. The highest BCUT2D eigenvalue weighted by atomic mass is 16.2. The molecule has 132 valence electrons. The van der Waals surface area contributed by atoms with Crippen LogP contribution in [-0.4, -0.2) is 56.5 Å². The Balaban J connectivity index is 1.38. The minimum atomic E-state index is -0.358. The van der Waals surface area contributed by atoms with Crippen molar-refractivity contribution in [1.29, 1.82) is 0 Å². The zero-order chi connectivity index (χ0) is 17.4. The van der Waals surface area contributed by atoms with Crippen molar-refractivity contribution in [3.8, 4) is 0 Å². The Morgan fingerprint density at radius 2 is 2.24 bits per heavy atom. The number of carbonyl (C=O) groups is 2. The fourth-order valence-corrected chi connectivity index (χ4v) is 3.58. The molecule has 0 unspecified atom stereocenters. The van der Waals surface area contributed by atoms with E-state index in [1.807, 2.05) is 30.2 Å². The van der Waals surface area contributed by atoms with Crippen LogP contribution in [0, 0.1) is 6.92 Å². The zero-order valence-corrected chi connectivity index (χ0v) is 14.2. The molecule has 4 rings (SSSR count). The molecule has 8 nitrogen and oxygen atoms in total. The molecule has 2 aliphatic rings. The van der Waals surface area contributed by atoms with Gasteiger partial charge in [0.05, 0.1) is 11.9 Å². The maximum absolute atomic E-state index is 12.6. The van der Waals surface area contributed by atoms with E-state index >= 15 is 0 Å². The van der Waals surface area contributed by atoms with Crippen LogP contribution >= 0.6 is 0 Å². The first-order valence-corrected chi connectivity index (χ1v) is 8.76. The van der Waals surface area contributed by atoms with Gasteiger partial charge in [0.15, 0.2) is 5.65 Å². The number of imidazole rings is 1. The molecule has 2 aliphatic heterocycles. The molecule has 8 heteroatoms. The van der Waals surface area contributed by atoms with Crippen molar-refractivity contribution in [3.05, 3.63) is 24.0 Å². The summed E-state index contributed by atoms with van der Waals surface area (Å²) in [6, 6.07) is 3.65. The van der Waals surface area contributed by atoms with Crippen LogP contribution in [0.15, 0.2) is 18.3 Å². The normalized spacial score (nSPS) is 23.7. The highest BCUT2D eigenvalue weighted by Gasteiger charge is 2.33. The number of anilines is 1. The fraction of sp³-hybridized carbons (Fsp3) is 0.529. The van der Waals surface area contributed by atoms with E-state index in [1.165, 1.54) is 0 Å². The number of nitrogens with one attached hydrogen (secondary N) is 2. The van der Waals surface area contributed by atoms with Crippen molar-refractivity contribution in [2.24, 2.45) is 0 Å². The SMILES string of the molecule is Cc1cn2nc(N[C@@H]3CCN(C(=O)[C@H]4CCCC(=O)N4)C3)ccc2n1. The van der Waals surface area contributed by atoms with Gasteiger partial charge in [0.25, 0.3) is 0 Å². The third-order valence-corrected chi connectivity index (χ3v) is 4.82. The average Bonchev–Trinajstić information content (AvgIpc) is 3.19. The summed E-state index contributed by atoms with van der Waals surface area (Å²) in [6.07, 6.45) is 4.80. The number of nitrogens with zero attached hydrogens (tertiary/aromatic N) is 4. The fourth-order valence-electron chi connectivity index (χ4n) is 3.58. The van der Waals surface area contributed by atoms with E-state index in [0.717, 1.165) is 36.4 Å². The molecule has 0 radical (unpaired) electrons. The molecule has 25 heavy (non-hydrogen) atoms. The van der Waals surface area contributed by atoms with E-state index in [9.17, 15) is 9.59 Å². The first kappa shape index (κ1) is 15.9. The van der Waals surface area contributed by atoms with Crippen LogP contribution in [0.1, 0.15) is 31.4 Å². The summed E-state index contributed by atoms with van der Waals surface area (Å²) in [6.45, 7) is 3.27. The summed E-state index contributed by atoms with van der Waals surface area (Å²) >= 11 is 0. The van der Waals surface area contributed by atoms with Crippen molar-refractivity contribution < 1.29 is 9.59 Å². The van der Waals surface area contributed by atoms with Gasteiger partial charge in [-0.05, 0) is 38.3 Å². The van der Waals surface area contributed by atoms with Crippen LogP contribution in [0.25, 0.3) is 5.65 Å². The van der Waals surface area contributed by atoms with Gasteiger partial charge in [-0.15, -0.1) is 5.10 Å². The maximum atomic E-state index is 12.6. The summed E-state index contributed by atoms with van der Waals surface area (Å²) in [7, 11) is 0. The van der Waals surface area contributed by atoms with Crippen LogP contribution in [0.5, 0.6) is 0 Å². The van der Waals surface area contributed by atoms with E-state index in [0.29, 0.717) is 19.5 Å². The molecule has 2 atom stereocenters. The van der Waals surface area contributed by atoms with Crippen molar-refractivity contribution >= 4 is 23.3 Å². The van der Waals surface area contributed by atoms with Gasteiger partial charge in [-0.25, -0.2) is 9.50 Å². The van der Waals surface area contributed by atoms with E-state index in [1.54, 1.807) is 4.52 Å². The largest absolute Gasteiger partial charge is 0.364 e. The van der Waals surface area contributed by atoms with E-state index in [4.69, 9.17) is 0 Å². The van der Waals surface area contributed by atoms with Gasteiger partial charge in [-0.2, -0.15) is 0 Å². The number of rotatable bonds is 3. The Labute approximate surface area is 145 Å². The highest BCUT2D eigenvalue weighted by Crippen LogP contribution is 2.18. The molecule has 0 aromatic carbocycles. The minimum absolute atomic E-state index is 0.0217. The smallest absolute Gasteiger partial charge is 0.245 e. The van der Waals surface area contributed by atoms with Gasteiger partial charge in [0.2, 0.25) is 11.8 Å². The molecule has 2 fully saturated rings. The summed E-state index contributed by atoms with van der Waals surface area (Å²) in [5.74, 6) is 0.785. The molecule has 2 amide bonds. The molecule has 4 heterocycles. The summed E-state index contributed by atoms with van der Waals surface area (Å²) in [5.41, 5.74) is 1.75. The predicted octanol–water partition coefficient (Wildman–Crippen LogP) is 0.719. The molecule has 2 saturated heterocycles. The van der Waals surface area contributed by atoms with Crippen molar-refractivity contribution in [1.82, 2.24) is 24.8 Å². The lowest BCUT2D eigenvalue weighted by Gasteiger charge is -2.27. The van der Waals surface area contributed by atoms with Gasteiger partial charge >= 0.3 is 0 Å². The first-order valence-electron chi connectivity index (χ1n) is 8.76. The van der Waals surface area contributed by atoms with Gasteiger partial charge in [0.1, 0.15) is 11.9 Å². The van der Waals surface area contributed by atoms with E-state index in [2.05, 4.69) is 20.7 Å². The molecular formula is C17H22N6O2. The van der Waals surface area contributed by atoms with Crippen molar-refractivity contribution in [2.75, 3.05) is 18.4 Å². The quantitative estimate of drug-likeness (QED) is 0.858. The number of amides is 2. The number of hydrogen-bond acceptors (Lipinski definition) is 5. The summed E-state index contributed by atoms with van der Waals surface area (Å²) in [5, 5.41) is 10.7. The van der Waals surface area contributed by atoms with Gasteiger partial charge < -0.3 is 15.5 Å². The monoisotopic (exact) mass is 342 g/mol. The zero-order valence-electron chi connectivity index (χ0n) is 14.2. The molecular weight excluding hydrogens is 320 g/mol. The third-order valence-electron chi connectivity index (χ3n) is 4.82. The van der Waals surface area contributed by atoms with Gasteiger partial charge in [0, 0.05) is 25.6 Å². The molecule has 2 aromatic rings. The number of fused-ring (bicyclic) bond motifs is 1. The Hall–Kier alpha value is -2.64. The van der Waals surface area contributed by atoms with Crippen LogP contribution in [0.3, 0.4) is 0 Å². The van der Waals surface area contributed by atoms with Crippen LogP contribution in [0.2, 0.25) is 0 Å². The standard InChI is InChI=1S/C17H22N6O2/c1-11-9-23-15(18-11)6-5-14(21-23)19-12-7-8-22(10-12)17(25)13-3-2-4-16(24)20-13/h5-6,9,12-13H,2-4,7-8,10H2,1H3,(H,19,21)(H,20,24)/t12-,13-/m1/s1. The number of aromatic nitrogens is 3. The Morgan fingerprint density at radius 1 is 1.36 bits per heavy atom. The second kappa shape index (κ2) is 6.34. The maximum Gasteiger partial charge on any atom is 0.245 e. The molecule has 0 spiro atoms. The molecule has 0 aliphatic carbocycles. The average molecular weight is 342 g/mol. The Morgan fingerprint density at radius 3 is 3.08 bits per heavy atom. The van der Waals surface area contributed by atoms with E-state index < -0.39 is 0 Å². The molecule has 0 bridgehead atoms. The first-order chi connectivity index (χ1) is 12.1. The second-order valence-corrected chi connectivity index (χ2v) is 6.83. The number of piperidine rings is 1. The predicted molar refractivity (Wildman–Crippen MR) is 92.1 cm³/mol. The topological polar surface area (TPSA) is 91.6 Å². The minimum Gasteiger partial charge on any atom is -0.364 e. The summed E-state index contributed by atoms with van der Waals surface area (Å²) < 4.78 is 1.76. The van der Waals surface area contributed by atoms with Crippen LogP contribution in [-0.2, 0) is 9.59 Å².